The van der Waals surface area contributed by atoms with Crippen molar-refractivity contribution in [2.45, 2.75) is 19.8 Å². The highest BCUT2D eigenvalue weighted by atomic mass is 35.5. The van der Waals surface area contributed by atoms with Gasteiger partial charge in [-0.25, -0.2) is 0 Å². The van der Waals surface area contributed by atoms with Crippen LogP contribution in [0.4, 0.5) is 0 Å². The molecule has 0 radical (unpaired) electrons. The monoisotopic (exact) mass is 322 g/mol. The normalized spacial score (nSPS) is 10.7. The third kappa shape index (κ3) is 4.23. The van der Waals surface area contributed by atoms with Crippen molar-refractivity contribution in [3.8, 4) is 5.75 Å². The van der Waals surface area contributed by atoms with Gasteiger partial charge in [-0.15, -0.1) is 0 Å². The topological polar surface area (TPSA) is 26.3 Å². The van der Waals surface area contributed by atoms with Gasteiger partial charge in [0.15, 0.2) is 6.61 Å². The maximum absolute atomic E-state index is 12.1. The Morgan fingerprint density at radius 2 is 1.90 bits per heavy atom. The van der Waals surface area contributed by atoms with Crippen LogP contribution in [0.5, 0.6) is 5.75 Å². The van der Waals surface area contributed by atoms with E-state index in [1.165, 1.54) is 5.56 Å². The van der Waals surface area contributed by atoms with Gasteiger partial charge in [-0.2, -0.15) is 0 Å². The van der Waals surface area contributed by atoms with E-state index in [2.05, 4.69) is 13.8 Å². The van der Waals surface area contributed by atoms with Gasteiger partial charge < -0.3 is 4.74 Å². The van der Waals surface area contributed by atoms with Crippen LogP contribution in [0.25, 0.3) is 0 Å². The average molecular weight is 323 g/mol. The summed E-state index contributed by atoms with van der Waals surface area (Å²) in [4.78, 5) is 12.1. The Hall–Kier alpha value is -1.51. The van der Waals surface area contributed by atoms with E-state index in [9.17, 15) is 4.79 Å². The van der Waals surface area contributed by atoms with E-state index in [1.807, 2.05) is 24.3 Å². The highest BCUT2D eigenvalue weighted by Crippen LogP contribution is 2.23. The number of ketones is 1. The second-order valence-electron chi connectivity index (χ2n) is 5.06. The Kier molecular flexibility index (Phi) is 5.27. The van der Waals surface area contributed by atoms with Gasteiger partial charge in [0.1, 0.15) is 5.75 Å². The molecule has 0 aromatic heterocycles. The van der Waals surface area contributed by atoms with Crippen molar-refractivity contribution >= 4 is 29.0 Å². The van der Waals surface area contributed by atoms with Crippen LogP contribution >= 0.6 is 23.2 Å². The first-order valence-electron chi connectivity index (χ1n) is 6.68. The zero-order chi connectivity index (χ0) is 15.4. The van der Waals surface area contributed by atoms with E-state index >= 15 is 0 Å². The molecule has 2 rings (SSSR count). The standard InChI is InChI=1S/C17H16Cl2O2/c1-11(2)12-4-3-5-14(8-12)21-10-17(20)15-9-13(18)6-7-16(15)19/h3-9,11H,10H2,1-2H3. The van der Waals surface area contributed by atoms with E-state index in [0.717, 1.165) is 0 Å². The molecule has 2 aromatic rings. The number of carbonyl (C=O) groups excluding carboxylic acids is 1. The van der Waals surface area contributed by atoms with Gasteiger partial charge in [-0.1, -0.05) is 49.2 Å². The van der Waals surface area contributed by atoms with E-state index in [4.69, 9.17) is 27.9 Å². The molecule has 0 aliphatic rings. The summed E-state index contributed by atoms with van der Waals surface area (Å²) in [5.74, 6) is 0.886. The summed E-state index contributed by atoms with van der Waals surface area (Å²) in [5.41, 5.74) is 1.55. The number of hydrogen-bond donors (Lipinski definition) is 0. The number of rotatable bonds is 5. The average Bonchev–Trinajstić information content (AvgIpc) is 2.47. The molecule has 0 unspecified atom stereocenters. The summed E-state index contributed by atoms with van der Waals surface area (Å²) >= 11 is 11.9. The van der Waals surface area contributed by atoms with Crippen LogP contribution in [0.1, 0.15) is 35.7 Å². The summed E-state index contributed by atoms with van der Waals surface area (Å²) in [7, 11) is 0. The second-order valence-corrected chi connectivity index (χ2v) is 5.91. The molecular weight excluding hydrogens is 307 g/mol. The summed E-state index contributed by atoms with van der Waals surface area (Å²) < 4.78 is 5.56. The molecule has 0 aliphatic carbocycles. The van der Waals surface area contributed by atoms with Gasteiger partial charge in [0, 0.05) is 10.6 Å². The first-order chi connectivity index (χ1) is 9.97. The van der Waals surface area contributed by atoms with Crippen molar-refractivity contribution < 1.29 is 9.53 Å². The van der Waals surface area contributed by atoms with Gasteiger partial charge in [-0.3, -0.25) is 4.79 Å². The maximum Gasteiger partial charge on any atom is 0.201 e. The molecule has 0 fully saturated rings. The Labute approximate surface area is 134 Å². The van der Waals surface area contributed by atoms with Crippen molar-refractivity contribution in [3.05, 3.63) is 63.6 Å². The molecule has 2 aromatic carbocycles. The molecule has 4 heteroatoms. The third-order valence-corrected chi connectivity index (χ3v) is 3.69. The summed E-state index contributed by atoms with van der Waals surface area (Å²) in [5, 5.41) is 0.855. The number of halogens is 2. The number of carbonyl (C=O) groups is 1. The first kappa shape index (κ1) is 15.9. The Balaban J connectivity index is 2.07. The second kappa shape index (κ2) is 6.97. The van der Waals surface area contributed by atoms with Crippen LogP contribution in [0, 0.1) is 0 Å². The molecule has 0 N–H and O–H groups in total. The minimum absolute atomic E-state index is 0.0678. The smallest absolute Gasteiger partial charge is 0.201 e. The van der Waals surface area contributed by atoms with E-state index in [-0.39, 0.29) is 12.4 Å². The van der Waals surface area contributed by atoms with Gasteiger partial charge in [0.05, 0.1) is 5.02 Å². The van der Waals surface area contributed by atoms with Crippen LogP contribution in [-0.2, 0) is 0 Å². The van der Waals surface area contributed by atoms with Crippen molar-refractivity contribution in [2.75, 3.05) is 6.61 Å². The zero-order valence-corrected chi connectivity index (χ0v) is 13.4. The summed E-state index contributed by atoms with van der Waals surface area (Å²) in [6.07, 6.45) is 0. The highest BCUT2D eigenvalue weighted by molar-refractivity contribution is 6.35. The predicted octanol–water partition coefficient (Wildman–Crippen LogP) is 5.38. The fraction of sp³-hybridized carbons (Fsp3) is 0.235. The quantitative estimate of drug-likeness (QED) is 0.691. The van der Waals surface area contributed by atoms with Crippen LogP contribution in [0.15, 0.2) is 42.5 Å². The van der Waals surface area contributed by atoms with Crippen LogP contribution in [0.2, 0.25) is 10.0 Å². The molecular formula is C17H16Cl2O2. The summed E-state index contributed by atoms with van der Waals surface area (Å²) in [6.45, 7) is 4.15. The Bertz CT molecular complexity index is 651. The number of Topliss-reactive ketones (excluding diaryl/α,β-unsaturated/α-hetero) is 1. The molecule has 0 heterocycles. The first-order valence-corrected chi connectivity index (χ1v) is 7.44. The minimum Gasteiger partial charge on any atom is -0.485 e. The fourth-order valence-corrected chi connectivity index (χ4v) is 2.30. The minimum atomic E-state index is -0.197. The third-order valence-electron chi connectivity index (χ3n) is 3.12. The maximum atomic E-state index is 12.1. The lowest BCUT2D eigenvalue weighted by Crippen LogP contribution is -2.12. The zero-order valence-electron chi connectivity index (χ0n) is 11.9. The van der Waals surface area contributed by atoms with Crippen molar-refractivity contribution in [1.29, 1.82) is 0 Å². The Morgan fingerprint density at radius 3 is 2.62 bits per heavy atom. The molecule has 21 heavy (non-hydrogen) atoms. The predicted molar refractivity (Wildman–Crippen MR) is 86.8 cm³/mol. The van der Waals surface area contributed by atoms with Gasteiger partial charge in [-0.05, 0) is 41.8 Å². The molecule has 2 nitrogen and oxygen atoms in total. The molecule has 0 bridgehead atoms. The van der Waals surface area contributed by atoms with Crippen LogP contribution < -0.4 is 4.74 Å². The van der Waals surface area contributed by atoms with Crippen LogP contribution in [-0.4, -0.2) is 12.4 Å². The molecule has 110 valence electrons. The fourth-order valence-electron chi connectivity index (χ4n) is 1.90. The molecule has 0 saturated carbocycles. The lowest BCUT2D eigenvalue weighted by molar-refractivity contribution is 0.0921. The van der Waals surface area contributed by atoms with Gasteiger partial charge >= 0.3 is 0 Å². The highest BCUT2D eigenvalue weighted by Gasteiger charge is 2.12. The molecule has 0 atom stereocenters. The summed E-state index contributed by atoms with van der Waals surface area (Å²) in [6, 6.07) is 12.5. The van der Waals surface area contributed by atoms with Crippen LogP contribution in [0.3, 0.4) is 0 Å². The number of ether oxygens (including phenoxy) is 1. The number of hydrogen-bond acceptors (Lipinski definition) is 2. The molecule has 0 spiro atoms. The lowest BCUT2D eigenvalue weighted by atomic mass is 10.0. The molecule has 0 amide bonds. The SMILES string of the molecule is CC(C)c1cccc(OCC(=O)c2cc(Cl)ccc2Cl)c1. The van der Waals surface area contributed by atoms with E-state index < -0.39 is 0 Å². The number of benzene rings is 2. The van der Waals surface area contributed by atoms with E-state index in [0.29, 0.717) is 27.3 Å². The van der Waals surface area contributed by atoms with Gasteiger partial charge in [0.2, 0.25) is 5.78 Å². The molecule has 0 saturated heterocycles. The van der Waals surface area contributed by atoms with Gasteiger partial charge in [0.25, 0.3) is 0 Å². The molecule has 0 aliphatic heterocycles. The van der Waals surface area contributed by atoms with E-state index in [1.54, 1.807) is 18.2 Å². The van der Waals surface area contributed by atoms with Crippen molar-refractivity contribution in [2.24, 2.45) is 0 Å². The Morgan fingerprint density at radius 1 is 1.14 bits per heavy atom. The largest absolute Gasteiger partial charge is 0.485 e. The van der Waals surface area contributed by atoms with Crippen molar-refractivity contribution in [1.82, 2.24) is 0 Å². The van der Waals surface area contributed by atoms with Crippen molar-refractivity contribution in [3.63, 3.8) is 0 Å². The lowest BCUT2D eigenvalue weighted by Gasteiger charge is -2.10.